The van der Waals surface area contributed by atoms with E-state index in [4.69, 9.17) is 0 Å². The Labute approximate surface area is 170 Å². The Morgan fingerprint density at radius 1 is 1.32 bits per heavy atom. The van der Waals surface area contributed by atoms with Crippen molar-refractivity contribution in [2.75, 3.05) is 25.1 Å². The summed E-state index contributed by atoms with van der Waals surface area (Å²) in [5.41, 5.74) is 1.49. The minimum Gasteiger partial charge on any atom is -0.349 e. The normalized spacial score (nSPS) is 19.4. The van der Waals surface area contributed by atoms with E-state index in [1.807, 2.05) is 47.7 Å². The van der Waals surface area contributed by atoms with Gasteiger partial charge in [-0.15, -0.1) is 0 Å². The van der Waals surface area contributed by atoms with Crippen molar-refractivity contribution in [3.05, 3.63) is 48.3 Å². The van der Waals surface area contributed by atoms with Crippen molar-refractivity contribution < 1.29 is 9.59 Å². The molecule has 0 aliphatic carbocycles. The molecule has 1 N–H and O–H groups in total. The van der Waals surface area contributed by atoms with Crippen LogP contribution in [0.1, 0.15) is 36.5 Å². The summed E-state index contributed by atoms with van der Waals surface area (Å²) in [5.74, 6) is 1.30. The number of benzene rings is 1. The fourth-order valence-corrected chi connectivity index (χ4v) is 4.05. The van der Waals surface area contributed by atoms with E-state index in [9.17, 15) is 9.59 Å². The highest BCUT2D eigenvalue weighted by atomic mass is 32.2. The third-order valence-corrected chi connectivity index (χ3v) is 5.94. The predicted molar refractivity (Wildman–Crippen MR) is 113 cm³/mol. The maximum atomic E-state index is 12.8. The molecule has 28 heavy (non-hydrogen) atoms. The van der Waals surface area contributed by atoms with E-state index in [0.29, 0.717) is 18.5 Å². The molecule has 1 fully saturated rings. The predicted octanol–water partition coefficient (Wildman–Crippen LogP) is 2.98. The van der Waals surface area contributed by atoms with Gasteiger partial charge in [0.1, 0.15) is 0 Å². The highest BCUT2D eigenvalue weighted by Crippen LogP contribution is 2.22. The molecule has 2 amide bonds. The van der Waals surface area contributed by atoms with Gasteiger partial charge in [-0.3, -0.25) is 9.59 Å². The Morgan fingerprint density at radius 3 is 2.89 bits per heavy atom. The Bertz CT molecular complexity index is 793. The average Bonchev–Trinajstić information content (AvgIpc) is 3.27. The second-order valence-electron chi connectivity index (χ2n) is 7.12. The van der Waals surface area contributed by atoms with Crippen LogP contribution in [0.25, 0.3) is 5.69 Å². The summed E-state index contributed by atoms with van der Waals surface area (Å²) in [7, 11) is 0. The van der Waals surface area contributed by atoms with Gasteiger partial charge in [0.05, 0.1) is 5.69 Å². The van der Waals surface area contributed by atoms with Gasteiger partial charge in [0.15, 0.2) is 0 Å². The number of aromatic nitrogens is 2. The molecule has 2 aromatic rings. The average molecular weight is 401 g/mol. The number of rotatable bonds is 7. The third kappa shape index (κ3) is 4.95. The molecule has 0 bridgehead atoms. The maximum absolute atomic E-state index is 12.8. The third-order valence-electron chi connectivity index (χ3n) is 5.32. The van der Waals surface area contributed by atoms with Gasteiger partial charge in [-0.2, -0.15) is 16.9 Å². The number of piperidine rings is 1. The van der Waals surface area contributed by atoms with Crippen LogP contribution in [0.5, 0.6) is 0 Å². The van der Waals surface area contributed by atoms with Gasteiger partial charge >= 0.3 is 0 Å². The summed E-state index contributed by atoms with van der Waals surface area (Å²) in [6.45, 7) is 3.56. The number of hydrogen-bond acceptors (Lipinski definition) is 4. The first-order chi connectivity index (χ1) is 13.6. The fourth-order valence-electron chi connectivity index (χ4n) is 3.67. The first-order valence-electron chi connectivity index (χ1n) is 9.80. The minimum absolute atomic E-state index is 0.0698. The zero-order valence-electron chi connectivity index (χ0n) is 16.5. The molecule has 2 heterocycles. The molecule has 0 radical (unpaired) electrons. The first kappa shape index (κ1) is 20.5. The van der Waals surface area contributed by atoms with Gasteiger partial charge in [0, 0.05) is 49.3 Å². The largest absolute Gasteiger partial charge is 0.349 e. The molecule has 1 aromatic heterocycles. The molecule has 0 spiro atoms. The van der Waals surface area contributed by atoms with Crippen LogP contribution in [0, 0.1) is 5.92 Å². The van der Waals surface area contributed by atoms with Gasteiger partial charge in [-0.05, 0) is 49.3 Å². The number of nitrogens with zero attached hydrogens (tertiary/aromatic N) is 3. The maximum Gasteiger partial charge on any atom is 0.251 e. The quantitative estimate of drug-likeness (QED) is 0.776. The van der Waals surface area contributed by atoms with Gasteiger partial charge < -0.3 is 10.2 Å². The van der Waals surface area contributed by atoms with Crippen molar-refractivity contribution in [2.45, 2.75) is 32.2 Å². The second kappa shape index (κ2) is 9.78. The van der Waals surface area contributed by atoms with Crippen LogP contribution in [-0.4, -0.2) is 57.6 Å². The number of amides is 2. The van der Waals surface area contributed by atoms with Crippen LogP contribution >= 0.6 is 11.8 Å². The Hall–Kier alpha value is -2.28. The monoisotopic (exact) mass is 400 g/mol. The summed E-state index contributed by atoms with van der Waals surface area (Å²) in [6.07, 6.45) is 7.92. The van der Waals surface area contributed by atoms with Crippen LogP contribution in [0.2, 0.25) is 0 Å². The molecule has 1 saturated heterocycles. The smallest absolute Gasteiger partial charge is 0.251 e. The van der Waals surface area contributed by atoms with E-state index in [1.165, 1.54) is 0 Å². The van der Waals surface area contributed by atoms with Crippen LogP contribution in [0.3, 0.4) is 0 Å². The number of likely N-dealkylation sites (tertiary alicyclic amines) is 1. The lowest BCUT2D eigenvalue weighted by molar-refractivity contribution is -0.132. The van der Waals surface area contributed by atoms with E-state index in [0.717, 1.165) is 30.8 Å². The van der Waals surface area contributed by atoms with E-state index in [-0.39, 0.29) is 23.8 Å². The Kier molecular flexibility index (Phi) is 7.14. The van der Waals surface area contributed by atoms with Crippen molar-refractivity contribution in [2.24, 2.45) is 5.92 Å². The van der Waals surface area contributed by atoms with Crippen molar-refractivity contribution in [1.82, 2.24) is 20.0 Å². The van der Waals surface area contributed by atoms with Crippen LogP contribution in [-0.2, 0) is 4.79 Å². The Balaban J connectivity index is 1.62. The lowest BCUT2D eigenvalue weighted by Gasteiger charge is -2.38. The van der Waals surface area contributed by atoms with E-state index in [1.54, 1.807) is 22.6 Å². The van der Waals surface area contributed by atoms with Crippen molar-refractivity contribution in [1.29, 1.82) is 0 Å². The number of nitrogens with one attached hydrogen (secondary N) is 1. The lowest BCUT2D eigenvalue weighted by atomic mass is 9.89. The molecular formula is C21H28N4O2S. The standard InChI is InChI=1S/C21H28N4O2S/c1-3-16-15-24(20(26)9-13-28-2)12-8-19(16)23-21(27)17-6-4-7-18(14-17)25-11-5-10-22-25/h4-7,10-11,14,16,19H,3,8-9,12-13,15H2,1-2H3,(H,23,27)/t16-,19+/m1/s1. The van der Waals surface area contributed by atoms with Gasteiger partial charge in [-0.1, -0.05) is 13.0 Å². The number of carbonyl (C=O) groups is 2. The number of thioether (sulfide) groups is 1. The molecule has 0 saturated carbocycles. The van der Waals surface area contributed by atoms with Gasteiger partial charge in [0.2, 0.25) is 5.91 Å². The summed E-state index contributed by atoms with van der Waals surface area (Å²) < 4.78 is 1.74. The van der Waals surface area contributed by atoms with Gasteiger partial charge in [0.25, 0.3) is 5.91 Å². The van der Waals surface area contributed by atoms with Crippen molar-refractivity contribution in [3.8, 4) is 5.69 Å². The molecule has 7 heteroatoms. The lowest BCUT2D eigenvalue weighted by Crippen LogP contribution is -2.52. The summed E-state index contributed by atoms with van der Waals surface area (Å²) in [5, 5.41) is 7.42. The molecule has 1 aliphatic heterocycles. The fraction of sp³-hybridized carbons (Fsp3) is 0.476. The highest BCUT2D eigenvalue weighted by molar-refractivity contribution is 7.98. The van der Waals surface area contributed by atoms with Crippen LogP contribution < -0.4 is 5.32 Å². The molecule has 3 rings (SSSR count). The molecule has 6 nitrogen and oxygen atoms in total. The molecule has 1 aromatic carbocycles. The molecule has 2 atom stereocenters. The van der Waals surface area contributed by atoms with E-state index < -0.39 is 0 Å². The van der Waals surface area contributed by atoms with Crippen molar-refractivity contribution in [3.63, 3.8) is 0 Å². The SMILES string of the molecule is CC[C@@H]1CN(C(=O)CCSC)CC[C@@H]1NC(=O)c1cccc(-n2cccn2)c1. The van der Waals surface area contributed by atoms with Crippen LogP contribution in [0.15, 0.2) is 42.7 Å². The Morgan fingerprint density at radius 2 is 2.18 bits per heavy atom. The molecule has 150 valence electrons. The number of hydrogen-bond donors (Lipinski definition) is 1. The second-order valence-corrected chi connectivity index (χ2v) is 8.11. The topological polar surface area (TPSA) is 67.2 Å². The first-order valence-corrected chi connectivity index (χ1v) is 11.2. The van der Waals surface area contributed by atoms with E-state index in [2.05, 4.69) is 17.3 Å². The highest BCUT2D eigenvalue weighted by Gasteiger charge is 2.31. The summed E-state index contributed by atoms with van der Waals surface area (Å²) in [6, 6.07) is 9.42. The summed E-state index contributed by atoms with van der Waals surface area (Å²) >= 11 is 1.70. The van der Waals surface area contributed by atoms with Crippen molar-refractivity contribution >= 4 is 23.6 Å². The zero-order chi connectivity index (χ0) is 19.9. The molecule has 1 aliphatic rings. The molecular weight excluding hydrogens is 372 g/mol. The summed E-state index contributed by atoms with van der Waals surface area (Å²) in [4.78, 5) is 27.1. The van der Waals surface area contributed by atoms with Crippen LogP contribution in [0.4, 0.5) is 0 Å². The van der Waals surface area contributed by atoms with Gasteiger partial charge in [-0.25, -0.2) is 4.68 Å². The number of carbonyl (C=O) groups excluding carboxylic acids is 2. The zero-order valence-corrected chi connectivity index (χ0v) is 17.3. The minimum atomic E-state index is -0.0698. The van der Waals surface area contributed by atoms with E-state index >= 15 is 0 Å². The molecule has 0 unspecified atom stereocenters.